The summed E-state index contributed by atoms with van der Waals surface area (Å²) >= 11 is 0. The molecule has 2 aromatic rings. The van der Waals surface area contributed by atoms with Gasteiger partial charge in [-0.25, -0.2) is 4.68 Å². The van der Waals surface area contributed by atoms with Crippen LogP contribution in [-0.4, -0.2) is 72.8 Å². The zero-order chi connectivity index (χ0) is 20.1. The molecule has 0 aromatic carbocycles. The van der Waals surface area contributed by atoms with Crippen LogP contribution in [0.4, 0.5) is 0 Å². The van der Waals surface area contributed by atoms with Gasteiger partial charge in [0.15, 0.2) is 5.82 Å². The van der Waals surface area contributed by atoms with Gasteiger partial charge in [-0.3, -0.25) is 14.8 Å². The molecule has 0 unspecified atom stereocenters. The number of aromatic amines is 1. The van der Waals surface area contributed by atoms with Crippen molar-refractivity contribution in [3.63, 3.8) is 0 Å². The standard InChI is InChI=1S/C19H32N8O/c1-14-7-10-26(11-8-14)12-18-22-23-24-27(18)13-19(28)25(4)9-5-6-17-15(2)20-21-16(17)3/h14H,5-13H2,1-4H3,(H,20,21). The third-order valence-electron chi connectivity index (χ3n) is 5.76. The summed E-state index contributed by atoms with van der Waals surface area (Å²) in [6.07, 6.45) is 4.23. The molecule has 3 rings (SSSR count). The average Bonchev–Trinajstić information content (AvgIpc) is 3.24. The van der Waals surface area contributed by atoms with Gasteiger partial charge in [0.2, 0.25) is 5.91 Å². The second-order valence-corrected chi connectivity index (χ2v) is 8.04. The second-order valence-electron chi connectivity index (χ2n) is 8.04. The molecule has 0 atom stereocenters. The lowest BCUT2D eigenvalue weighted by atomic mass is 9.99. The first kappa shape index (κ1) is 20.4. The Kier molecular flexibility index (Phi) is 6.77. The number of carbonyl (C=O) groups is 1. The molecular formula is C19H32N8O. The molecule has 1 N–H and O–H groups in total. The molecule has 3 heterocycles. The third-order valence-corrected chi connectivity index (χ3v) is 5.76. The molecule has 1 aliphatic heterocycles. The Balaban J connectivity index is 1.47. The average molecular weight is 389 g/mol. The Hall–Kier alpha value is -2.29. The maximum Gasteiger partial charge on any atom is 0.244 e. The van der Waals surface area contributed by atoms with Gasteiger partial charge in [0.05, 0.1) is 12.2 Å². The summed E-state index contributed by atoms with van der Waals surface area (Å²) < 4.78 is 1.64. The number of tetrazole rings is 1. The molecule has 9 heteroatoms. The van der Waals surface area contributed by atoms with E-state index in [1.165, 1.54) is 18.4 Å². The molecule has 2 aromatic heterocycles. The number of nitrogens with zero attached hydrogens (tertiary/aromatic N) is 7. The summed E-state index contributed by atoms with van der Waals surface area (Å²) in [6.45, 7) is 10.1. The largest absolute Gasteiger partial charge is 0.344 e. The van der Waals surface area contributed by atoms with Crippen LogP contribution in [0.25, 0.3) is 0 Å². The highest BCUT2D eigenvalue weighted by Crippen LogP contribution is 2.17. The van der Waals surface area contributed by atoms with E-state index in [4.69, 9.17) is 0 Å². The summed E-state index contributed by atoms with van der Waals surface area (Å²) in [5.74, 6) is 1.58. The van der Waals surface area contributed by atoms with Crippen molar-refractivity contribution in [3.8, 4) is 0 Å². The number of rotatable bonds is 8. The molecule has 0 spiro atoms. The number of aromatic nitrogens is 6. The summed E-state index contributed by atoms with van der Waals surface area (Å²) in [6, 6.07) is 0. The van der Waals surface area contributed by atoms with Gasteiger partial charge >= 0.3 is 0 Å². The number of hydrogen-bond acceptors (Lipinski definition) is 6. The lowest BCUT2D eigenvalue weighted by molar-refractivity contribution is -0.130. The first-order chi connectivity index (χ1) is 13.4. The van der Waals surface area contributed by atoms with Gasteiger partial charge in [0, 0.05) is 19.3 Å². The second kappa shape index (κ2) is 9.27. The normalized spacial score (nSPS) is 15.9. The van der Waals surface area contributed by atoms with Crippen LogP contribution in [0.2, 0.25) is 0 Å². The van der Waals surface area contributed by atoms with Gasteiger partial charge < -0.3 is 4.90 Å². The summed E-state index contributed by atoms with van der Waals surface area (Å²) in [7, 11) is 1.84. The van der Waals surface area contributed by atoms with Gasteiger partial charge in [-0.15, -0.1) is 5.10 Å². The minimum atomic E-state index is 0.0291. The van der Waals surface area contributed by atoms with Crippen LogP contribution < -0.4 is 0 Å². The maximum absolute atomic E-state index is 12.6. The molecule has 1 fully saturated rings. The van der Waals surface area contributed by atoms with E-state index < -0.39 is 0 Å². The molecule has 1 amide bonds. The van der Waals surface area contributed by atoms with Crippen LogP contribution in [0.15, 0.2) is 0 Å². The first-order valence-electron chi connectivity index (χ1n) is 10.2. The van der Waals surface area contributed by atoms with Crippen molar-refractivity contribution in [1.82, 2.24) is 40.2 Å². The number of hydrogen-bond donors (Lipinski definition) is 1. The fraction of sp³-hybridized carbons (Fsp3) is 0.737. The number of aryl methyl sites for hydroxylation is 2. The van der Waals surface area contributed by atoms with Gasteiger partial charge in [0.1, 0.15) is 6.54 Å². The lowest BCUT2D eigenvalue weighted by Gasteiger charge is -2.29. The molecule has 0 bridgehead atoms. The molecule has 9 nitrogen and oxygen atoms in total. The number of piperidine rings is 1. The van der Waals surface area contributed by atoms with Crippen LogP contribution in [-0.2, 0) is 24.3 Å². The van der Waals surface area contributed by atoms with Gasteiger partial charge in [-0.2, -0.15) is 5.10 Å². The fourth-order valence-electron chi connectivity index (χ4n) is 3.69. The highest BCUT2D eigenvalue weighted by atomic mass is 16.2. The Morgan fingerprint density at radius 1 is 1.29 bits per heavy atom. The third kappa shape index (κ3) is 5.15. The van der Waals surface area contributed by atoms with E-state index in [0.29, 0.717) is 13.1 Å². The molecule has 28 heavy (non-hydrogen) atoms. The highest BCUT2D eigenvalue weighted by Gasteiger charge is 2.20. The predicted molar refractivity (Wildman–Crippen MR) is 106 cm³/mol. The minimum Gasteiger partial charge on any atom is -0.344 e. The number of H-pyrrole nitrogens is 1. The topological polar surface area (TPSA) is 95.8 Å². The summed E-state index contributed by atoms with van der Waals surface area (Å²) in [5.41, 5.74) is 3.40. The van der Waals surface area contributed by atoms with Crippen LogP contribution in [0, 0.1) is 19.8 Å². The van der Waals surface area contributed by atoms with Crippen LogP contribution in [0.3, 0.4) is 0 Å². The number of nitrogens with one attached hydrogen (secondary N) is 1. The zero-order valence-electron chi connectivity index (χ0n) is 17.5. The lowest BCUT2D eigenvalue weighted by Crippen LogP contribution is -2.35. The smallest absolute Gasteiger partial charge is 0.244 e. The molecule has 0 aliphatic carbocycles. The van der Waals surface area contributed by atoms with Gasteiger partial charge in [-0.05, 0) is 74.5 Å². The van der Waals surface area contributed by atoms with Crippen molar-refractivity contribution in [3.05, 3.63) is 22.8 Å². The van der Waals surface area contributed by atoms with E-state index in [2.05, 4.69) is 37.5 Å². The Morgan fingerprint density at radius 3 is 2.71 bits per heavy atom. The van der Waals surface area contributed by atoms with E-state index >= 15 is 0 Å². The Labute approximate surface area is 166 Å². The van der Waals surface area contributed by atoms with Crippen molar-refractivity contribution in [2.45, 2.75) is 59.5 Å². The van der Waals surface area contributed by atoms with E-state index in [1.54, 1.807) is 9.58 Å². The van der Waals surface area contributed by atoms with Crippen LogP contribution in [0.5, 0.6) is 0 Å². The Morgan fingerprint density at radius 2 is 2.04 bits per heavy atom. The molecule has 154 valence electrons. The van der Waals surface area contributed by atoms with Gasteiger partial charge in [-0.1, -0.05) is 6.92 Å². The predicted octanol–water partition coefficient (Wildman–Crippen LogP) is 1.34. The minimum absolute atomic E-state index is 0.0291. The number of likely N-dealkylation sites (tertiary alicyclic amines) is 1. The molecule has 1 saturated heterocycles. The van der Waals surface area contributed by atoms with Crippen molar-refractivity contribution >= 4 is 5.91 Å². The number of carbonyl (C=O) groups excluding carboxylic acids is 1. The highest BCUT2D eigenvalue weighted by molar-refractivity contribution is 5.75. The van der Waals surface area contributed by atoms with Gasteiger partial charge in [0.25, 0.3) is 0 Å². The molecule has 1 aliphatic rings. The van der Waals surface area contributed by atoms with E-state index in [0.717, 1.165) is 49.1 Å². The van der Waals surface area contributed by atoms with E-state index in [9.17, 15) is 4.79 Å². The molecule has 0 radical (unpaired) electrons. The SMILES string of the molecule is Cc1n[nH]c(C)c1CCCN(C)C(=O)Cn1nnnc1CN1CCC(C)CC1. The summed E-state index contributed by atoms with van der Waals surface area (Å²) in [4.78, 5) is 16.7. The Bertz CT molecular complexity index is 755. The summed E-state index contributed by atoms with van der Waals surface area (Å²) in [5, 5.41) is 19.2. The fourth-order valence-corrected chi connectivity index (χ4v) is 3.69. The van der Waals surface area contributed by atoms with Crippen molar-refractivity contribution in [2.24, 2.45) is 5.92 Å². The number of likely N-dealkylation sites (N-methyl/N-ethyl adjacent to an activating group) is 1. The maximum atomic E-state index is 12.6. The first-order valence-corrected chi connectivity index (χ1v) is 10.2. The monoisotopic (exact) mass is 388 g/mol. The van der Waals surface area contributed by atoms with E-state index in [1.807, 2.05) is 20.9 Å². The van der Waals surface area contributed by atoms with Crippen LogP contribution >= 0.6 is 0 Å². The molecular weight excluding hydrogens is 356 g/mol. The number of amides is 1. The van der Waals surface area contributed by atoms with Crippen molar-refractivity contribution in [1.29, 1.82) is 0 Å². The zero-order valence-corrected chi connectivity index (χ0v) is 17.5. The molecule has 0 saturated carbocycles. The van der Waals surface area contributed by atoms with Crippen molar-refractivity contribution < 1.29 is 4.79 Å². The van der Waals surface area contributed by atoms with Crippen molar-refractivity contribution in [2.75, 3.05) is 26.7 Å². The van der Waals surface area contributed by atoms with E-state index in [-0.39, 0.29) is 12.5 Å². The quantitative estimate of drug-likeness (QED) is 0.733. The van der Waals surface area contributed by atoms with Crippen LogP contribution in [0.1, 0.15) is 49.0 Å².